The van der Waals surface area contributed by atoms with Crippen molar-refractivity contribution in [2.45, 2.75) is 0 Å². The van der Waals surface area contributed by atoms with Crippen LogP contribution >= 0.6 is 31.3 Å². The molecule has 4 fully saturated rings. The second-order valence-electron chi connectivity index (χ2n) is 2.66. The monoisotopic (exact) mass is 534 g/mol. The number of phosphoric acid groups is 4. The SMILES string of the molecule is O=P1([O-])OOO1.O=P1([O-])OOO1.O=P1([O-])OOO1.O=P1([O-])OOO1.[Zr+4]. The smallest absolute Gasteiger partial charge is 0.753 e. The van der Waals surface area contributed by atoms with Gasteiger partial charge in [0.15, 0.2) is 0 Å². The van der Waals surface area contributed by atoms with Gasteiger partial charge in [0.1, 0.15) is 0 Å². The molecule has 25 heteroatoms. The van der Waals surface area contributed by atoms with Crippen LogP contribution in [0.5, 0.6) is 0 Å². The Balaban J connectivity index is 0.000000303. The Kier molecular flexibility index (Phi) is 11.1. The van der Waals surface area contributed by atoms with Crippen molar-refractivity contribution in [1.29, 1.82) is 0 Å². The van der Waals surface area contributed by atoms with E-state index in [1.54, 1.807) is 0 Å². The fourth-order valence-electron chi connectivity index (χ4n) is 0.320. The summed E-state index contributed by atoms with van der Waals surface area (Å²) in [6, 6.07) is 0. The Morgan fingerprint density at radius 2 is 0.480 bits per heavy atom. The van der Waals surface area contributed by atoms with Crippen molar-refractivity contribution in [2.24, 2.45) is 0 Å². The van der Waals surface area contributed by atoms with Gasteiger partial charge in [-0.2, -0.15) is 0 Å². The van der Waals surface area contributed by atoms with Gasteiger partial charge in [0, 0.05) is 0 Å². The maximum atomic E-state index is 9.55. The molecule has 20 nitrogen and oxygen atoms in total. The molecule has 25 heavy (non-hydrogen) atoms. The van der Waals surface area contributed by atoms with E-state index in [0.29, 0.717) is 0 Å². The molecule has 0 amide bonds. The van der Waals surface area contributed by atoms with Crippen LogP contribution in [-0.4, -0.2) is 0 Å². The summed E-state index contributed by atoms with van der Waals surface area (Å²) in [6.45, 7) is 0. The first-order valence-corrected chi connectivity index (χ1v) is 10.1. The van der Waals surface area contributed by atoms with Gasteiger partial charge in [0.05, 0.1) is 0 Å². The van der Waals surface area contributed by atoms with E-state index in [0.717, 1.165) is 0 Å². The number of hydrogen-bond donors (Lipinski definition) is 0. The van der Waals surface area contributed by atoms with E-state index < -0.39 is 31.3 Å². The van der Waals surface area contributed by atoms with Crippen molar-refractivity contribution in [3.8, 4) is 0 Å². The first-order valence-electron chi connectivity index (χ1n) is 4.25. The molecule has 0 atom stereocenters. The van der Waals surface area contributed by atoms with E-state index in [1.807, 2.05) is 0 Å². The number of hydrogen-bond acceptors (Lipinski definition) is 20. The average Bonchev–Trinajstić information content (AvgIpc) is 2.34. The predicted octanol–water partition coefficient (Wildman–Crippen LogP) is -2.61. The molecule has 0 spiro atoms. The third-order valence-electron chi connectivity index (χ3n) is 0.974. The van der Waals surface area contributed by atoms with Crippen LogP contribution in [0.2, 0.25) is 0 Å². The summed E-state index contributed by atoms with van der Waals surface area (Å²) in [5.74, 6) is 0. The molecule has 0 aromatic carbocycles. The first kappa shape index (κ1) is 26.2. The molecule has 4 heterocycles. The molecule has 4 aliphatic heterocycles. The van der Waals surface area contributed by atoms with Gasteiger partial charge in [-0.05, 0) is 0 Å². The zero-order chi connectivity index (χ0) is 18.5. The minimum atomic E-state index is -3.94. The van der Waals surface area contributed by atoms with Gasteiger partial charge in [0.2, 0.25) is 0 Å². The Morgan fingerprint density at radius 1 is 0.400 bits per heavy atom. The average molecular weight is 535 g/mol. The third-order valence-corrected chi connectivity index (χ3v) is 2.92. The summed E-state index contributed by atoms with van der Waals surface area (Å²) in [5.41, 5.74) is 0. The Hall–Kier alpha value is 1.16. The first-order chi connectivity index (χ1) is 10.8. The second kappa shape index (κ2) is 10.6. The molecule has 0 N–H and O–H groups in total. The van der Waals surface area contributed by atoms with Gasteiger partial charge < -0.3 is 19.6 Å². The molecule has 0 unspecified atom stereocenters. The van der Waals surface area contributed by atoms with Gasteiger partial charge in [-0.25, -0.2) is 0 Å². The van der Waals surface area contributed by atoms with Crippen LogP contribution in [0.25, 0.3) is 0 Å². The standard InChI is InChI=1S/4HO5P.Zr/c4*1-6(2)4-3-5-6;/h4*(H,1,2);/q;;;;+4/p-4. The minimum Gasteiger partial charge on any atom is -0.753 e. The molecular formula is O20P4Zr. The molecular weight excluding hydrogens is 535 g/mol. The Morgan fingerprint density at radius 3 is 0.480 bits per heavy atom. The van der Waals surface area contributed by atoms with E-state index in [4.69, 9.17) is 0 Å². The molecule has 144 valence electrons. The van der Waals surface area contributed by atoms with Crippen LogP contribution in [0.1, 0.15) is 0 Å². The maximum Gasteiger partial charge on any atom is 4.00 e. The fourth-order valence-corrected chi connectivity index (χ4v) is 0.961. The normalized spacial score (nSPS) is 27.7. The number of rotatable bonds is 0. The molecule has 4 aliphatic rings. The summed E-state index contributed by atoms with van der Waals surface area (Å²) in [5, 5.41) is 13.4. The van der Waals surface area contributed by atoms with Crippen LogP contribution in [0.15, 0.2) is 0 Å². The third kappa shape index (κ3) is 12.3. The molecule has 0 aliphatic carbocycles. The topological polar surface area (TPSA) is 271 Å². The molecule has 0 bridgehead atoms. The van der Waals surface area contributed by atoms with Gasteiger partial charge >= 0.3 is 57.5 Å². The van der Waals surface area contributed by atoms with Crippen molar-refractivity contribution in [3.05, 3.63) is 0 Å². The Bertz CT molecular complexity index is 455. The van der Waals surface area contributed by atoms with Crippen molar-refractivity contribution in [1.82, 2.24) is 0 Å². The molecule has 0 aromatic rings. The summed E-state index contributed by atoms with van der Waals surface area (Å²) >= 11 is 0. The van der Waals surface area contributed by atoms with Crippen LogP contribution < -0.4 is 19.6 Å². The van der Waals surface area contributed by atoms with E-state index in [2.05, 4.69) is 57.5 Å². The van der Waals surface area contributed by atoms with E-state index in [9.17, 15) is 37.8 Å². The molecule has 4 saturated heterocycles. The van der Waals surface area contributed by atoms with E-state index >= 15 is 0 Å². The molecule has 4 rings (SSSR count). The second-order valence-corrected chi connectivity index (χ2v) is 7.43. The van der Waals surface area contributed by atoms with Crippen molar-refractivity contribution < 1.29 is 122 Å². The van der Waals surface area contributed by atoms with E-state index in [-0.39, 0.29) is 26.2 Å². The minimum absolute atomic E-state index is 0. The molecule has 0 radical (unpaired) electrons. The molecule has 0 aromatic heterocycles. The van der Waals surface area contributed by atoms with Gasteiger partial charge in [-0.3, -0.25) is 18.3 Å². The van der Waals surface area contributed by atoms with Crippen molar-refractivity contribution in [3.63, 3.8) is 0 Å². The van der Waals surface area contributed by atoms with Crippen molar-refractivity contribution in [2.75, 3.05) is 0 Å². The van der Waals surface area contributed by atoms with Gasteiger partial charge in [-0.1, -0.05) is 20.2 Å². The van der Waals surface area contributed by atoms with Crippen molar-refractivity contribution >= 4 is 31.3 Å². The zero-order valence-corrected chi connectivity index (χ0v) is 16.5. The van der Waals surface area contributed by atoms with Crippen LogP contribution in [0, 0.1) is 0 Å². The van der Waals surface area contributed by atoms with Crippen LogP contribution in [-0.2, 0) is 102 Å². The summed E-state index contributed by atoms with van der Waals surface area (Å²) < 4.78 is 65.3. The zero-order valence-electron chi connectivity index (χ0n) is 10.5. The Labute approximate surface area is 153 Å². The quantitative estimate of drug-likeness (QED) is 0.227. The summed E-state index contributed by atoms with van der Waals surface area (Å²) in [6.07, 6.45) is 0. The predicted molar refractivity (Wildman–Crippen MR) is 43.4 cm³/mol. The molecule has 0 saturated carbocycles. The van der Waals surface area contributed by atoms with E-state index in [1.165, 1.54) is 0 Å². The summed E-state index contributed by atoms with van der Waals surface area (Å²) in [4.78, 5) is 38.2. The largest absolute Gasteiger partial charge is 4.00 e. The van der Waals surface area contributed by atoms with Crippen LogP contribution in [0.3, 0.4) is 0 Å². The summed E-state index contributed by atoms with van der Waals surface area (Å²) in [7, 11) is -15.8. The van der Waals surface area contributed by atoms with Crippen LogP contribution in [0.4, 0.5) is 0 Å². The van der Waals surface area contributed by atoms with Gasteiger partial charge in [-0.15, -0.1) is 37.4 Å². The van der Waals surface area contributed by atoms with Gasteiger partial charge in [0.25, 0.3) is 0 Å². The maximum absolute atomic E-state index is 9.55. The fraction of sp³-hybridized carbons (Fsp3) is 0.